The van der Waals surface area contributed by atoms with E-state index < -0.39 is 11.0 Å². The molecule has 0 unspecified atom stereocenters. The molecule has 28 heavy (non-hydrogen) atoms. The Morgan fingerprint density at radius 3 is 2.71 bits per heavy atom. The molecule has 5 aliphatic rings. The number of carbonyl (C=O) groups is 1. The van der Waals surface area contributed by atoms with Crippen molar-refractivity contribution >= 4 is 5.78 Å². The third kappa shape index (κ3) is 2.02. The van der Waals surface area contributed by atoms with Crippen molar-refractivity contribution in [2.75, 3.05) is 20.2 Å². The molecule has 5 heteroatoms. The van der Waals surface area contributed by atoms with E-state index >= 15 is 0 Å². The number of methoxy groups -OCH3 is 1. The Morgan fingerprint density at radius 2 is 2.04 bits per heavy atom. The molecule has 6 rings (SSSR count). The normalized spacial score (nSPS) is 38.1. The highest BCUT2D eigenvalue weighted by molar-refractivity contribution is 5.91. The number of phenolic OH excluding ortho intramolecular Hbond substituents is 1. The molecule has 1 saturated heterocycles. The van der Waals surface area contributed by atoms with Crippen LogP contribution in [0.2, 0.25) is 0 Å². The predicted octanol–water partition coefficient (Wildman–Crippen LogP) is 2.55. The van der Waals surface area contributed by atoms with Gasteiger partial charge in [-0.25, -0.2) is 0 Å². The first-order chi connectivity index (χ1) is 13.4. The lowest BCUT2D eigenvalue weighted by Gasteiger charge is -2.64. The van der Waals surface area contributed by atoms with E-state index in [2.05, 4.69) is 4.90 Å². The molecule has 1 aromatic carbocycles. The van der Waals surface area contributed by atoms with Crippen molar-refractivity contribution in [2.24, 2.45) is 11.3 Å². The number of hydrogen-bond acceptors (Lipinski definition) is 5. The molecule has 4 aliphatic carbocycles. The maximum atomic E-state index is 13.2. The fourth-order valence-corrected chi connectivity index (χ4v) is 6.81. The lowest BCUT2D eigenvalue weighted by molar-refractivity contribution is -0.185. The van der Waals surface area contributed by atoms with E-state index in [1.165, 1.54) is 12.8 Å². The van der Waals surface area contributed by atoms with Crippen LogP contribution in [-0.2, 0) is 16.6 Å². The molecule has 0 amide bonds. The maximum Gasteiger partial charge on any atom is 0.161 e. The Kier molecular flexibility index (Phi) is 3.28. The number of aliphatic hydroxyl groups is 1. The van der Waals surface area contributed by atoms with Gasteiger partial charge in [0.1, 0.15) is 5.78 Å². The van der Waals surface area contributed by atoms with Gasteiger partial charge in [-0.05, 0) is 69.0 Å². The first kappa shape index (κ1) is 17.3. The quantitative estimate of drug-likeness (QED) is 0.840. The topological polar surface area (TPSA) is 70.0 Å². The number of benzene rings is 1. The van der Waals surface area contributed by atoms with Crippen LogP contribution in [-0.4, -0.2) is 52.7 Å². The van der Waals surface area contributed by atoms with Crippen LogP contribution in [0.1, 0.15) is 56.1 Å². The van der Waals surface area contributed by atoms with Gasteiger partial charge in [0.25, 0.3) is 0 Å². The molecule has 5 nitrogen and oxygen atoms in total. The highest BCUT2D eigenvalue weighted by atomic mass is 16.5. The molecule has 1 aromatic rings. The summed E-state index contributed by atoms with van der Waals surface area (Å²) in [5, 5.41) is 23.4. The number of aromatic hydroxyl groups is 1. The van der Waals surface area contributed by atoms with E-state index in [1.807, 2.05) is 12.1 Å². The number of ketones is 1. The van der Waals surface area contributed by atoms with E-state index in [4.69, 9.17) is 4.74 Å². The average molecular weight is 383 g/mol. The van der Waals surface area contributed by atoms with Crippen molar-refractivity contribution < 1.29 is 19.7 Å². The Balaban J connectivity index is 1.54. The summed E-state index contributed by atoms with van der Waals surface area (Å²) in [5.41, 5.74) is -0.0741. The number of hydrogen-bond donors (Lipinski definition) is 2. The van der Waals surface area contributed by atoms with Crippen molar-refractivity contribution in [3.05, 3.63) is 23.3 Å². The third-order valence-electron chi connectivity index (χ3n) is 8.69. The Hall–Kier alpha value is -1.59. The second-order valence-corrected chi connectivity index (χ2v) is 10.1. The number of carbonyl (C=O) groups excluding carboxylic acids is 1. The summed E-state index contributed by atoms with van der Waals surface area (Å²) in [5.74, 6) is 1.63. The van der Waals surface area contributed by atoms with E-state index in [9.17, 15) is 15.0 Å². The van der Waals surface area contributed by atoms with E-state index in [0.717, 1.165) is 55.8 Å². The van der Waals surface area contributed by atoms with Gasteiger partial charge in [-0.2, -0.15) is 0 Å². The lowest BCUT2D eigenvalue weighted by atomic mass is 9.47. The zero-order valence-electron chi connectivity index (χ0n) is 16.5. The molecule has 2 bridgehead atoms. The molecule has 0 radical (unpaired) electrons. The summed E-state index contributed by atoms with van der Waals surface area (Å²) < 4.78 is 5.39. The minimum atomic E-state index is -0.957. The highest BCUT2D eigenvalue weighted by Gasteiger charge is 2.72. The monoisotopic (exact) mass is 383 g/mol. The largest absolute Gasteiger partial charge is 0.504 e. The number of Topliss-reactive ketones (excluding diaryl/α,β-unsaturated/α-hetero) is 1. The van der Waals surface area contributed by atoms with Crippen molar-refractivity contribution in [3.8, 4) is 11.5 Å². The van der Waals surface area contributed by atoms with Crippen LogP contribution in [0.15, 0.2) is 12.1 Å². The smallest absolute Gasteiger partial charge is 0.161 e. The van der Waals surface area contributed by atoms with Crippen molar-refractivity contribution in [3.63, 3.8) is 0 Å². The van der Waals surface area contributed by atoms with Gasteiger partial charge in [0.05, 0.1) is 12.7 Å². The summed E-state index contributed by atoms with van der Waals surface area (Å²) in [7, 11) is 1.56. The molecular weight excluding hydrogens is 354 g/mol. The maximum absolute atomic E-state index is 13.2. The number of nitrogens with zero attached hydrogens (tertiary/aromatic N) is 1. The van der Waals surface area contributed by atoms with Crippen molar-refractivity contribution in [2.45, 2.75) is 68.4 Å². The van der Waals surface area contributed by atoms with Gasteiger partial charge in [0.15, 0.2) is 11.5 Å². The number of phenols is 1. The summed E-state index contributed by atoms with van der Waals surface area (Å²) in [4.78, 5) is 15.7. The van der Waals surface area contributed by atoms with Crippen LogP contribution in [0.4, 0.5) is 0 Å². The van der Waals surface area contributed by atoms with Gasteiger partial charge in [0.2, 0.25) is 0 Å². The summed E-state index contributed by atoms with van der Waals surface area (Å²) >= 11 is 0. The number of ether oxygens (including phenoxy) is 1. The van der Waals surface area contributed by atoms with Gasteiger partial charge in [-0.3, -0.25) is 9.69 Å². The van der Waals surface area contributed by atoms with Crippen LogP contribution in [0.5, 0.6) is 11.5 Å². The number of fused-ring (bicyclic) bond motifs is 1. The molecule has 3 saturated carbocycles. The van der Waals surface area contributed by atoms with Gasteiger partial charge in [-0.15, -0.1) is 0 Å². The molecule has 4 fully saturated rings. The fraction of sp³-hybridized carbons (Fsp3) is 0.696. The molecule has 1 heterocycles. The second kappa shape index (κ2) is 5.31. The zero-order chi connectivity index (χ0) is 19.3. The number of piperidine rings is 1. The fourth-order valence-electron chi connectivity index (χ4n) is 6.81. The highest BCUT2D eigenvalue weighted by Crippen LogP contribution is 2.68. The van der Waals surface area contributed by atoms with Gasteiger partial charge >= 0.3 is 0 Å². The minimum Gasteiger partial charge on any atom is -0.504 e. The van der Waals surface area contributed by atoms with Crippen LogP contribution in [0.25, 0.3) is 0 Å². The summed E-state index contributed by atoms with van der Waals surface area (Å²) in [6.07, 6.45) is 6.79. The molecule has 2 N–H and O–H groups in total. The van der Waals surface area contributed by atoms with Crippen LogP contribution >= 0.6 is 0 Å². The van der Waals surface area contributed by atoms with Crippen molar-refractivity contribution in [1.29, 1.82) is 0 Å². The SMILES string of the molecule is COc1ccc2c(c1O)[C@]13CCN(CC4CC4)[C@H](C2)[C@]1(O)CC1(CC1)C(=O)C3. The molecule has 1 spiro atoms. The minimum absolute atomic E-state index is 0.0349. The predicted molar refractivity (Wildman–Crippen MR) is 104 cm³/mol. The van der Waals surface area contributed by atoms with E-state index in [1.54, 1.807) is 7.11 Å². The standard InChI is InChI=1S/C23H29NO4/c1-28-16-5-4-15-10-17-23(27)13-21(6-7-21)18(25)11-22(23,19(15)20(16)26)8-9-24(17)12-14-2-3-14/h4-5,14,17,26-27H,2-3,6-13H2,1H3/t17-,22-,23-/m1/s1. The molecule has 3 atom stereocenters. The summed E-state index contributed by atoms with van der Waals surface area (Å²) in [6.45, 7) is 1.95. The Labute approximate surface area is 165 Å². The van der Waals surface area contributed by atoms with E-state index in [0.29, 0.717) is 24.4 Å². The van der Waals surface area contributed by atoms with Gasteiger partial charge < -0.3 is 14.9 Å². The first-order valence-electron chi connectivity index (χ1n) is 10.8. The number of rotatable bonds is 3. The number of likely N-dealkylation sites (tertiary alicyclic amines) is 1. The van der Waals surface area contributed by atoms with Crippen LogP contribution in [0.3, 0.4) is 0 Å². The average Bonchev–Trinajstić information content (AvgIpc) is 3.57. The van der Waals surface area contributed by atoms with Gasteiger partial charge in [-0.1, -0.05) is 6.07 Å². The van der Waals surface area contributed by atoms with Gasteiger partial charge in [0, 0.05) is 35.4 Å². The molecular formula is C23H29NO4. The van der Waals surface area contributed by atoms with E-state index in [-0.39, 0.29) is 17.2 Å². The third-order valence-corrected chi connectivity index (χ3v) is 8.69. The Morgan fingerprint density at radius 1 is 1.25 bits per heavy atom. The summed E-state index contributed by atoms with van der Waals surface area (Å²) in [6, 6.07) is 3.89. The first-order valence-corrected chi connectivity index (χ1v) is 10.8. The Bertz CT molecular complexity index is 874. The lowest BCUT2D eigenvalue weighted by Crippen LogP contribution is -2.74. The molecule has 0 aromatic heterocycles. The zero-order valence-corrected chi connectivity index (χ0v) is 16.5. The molecule has 1 aliphatic heterocycles. The van der Waals surface area contributed by atoms with Crippen LogP contribution < -0.4 is 4.74 Å². The van der Waals surface area contributed by atoms with Crippen LogP contribution in [0, 0.1) is 11.3 Å². The second-order valence-electron chi connectivity index (χ2n) is 10.1. The van der Waals surface area contributed by atoms with Crippen molar-refractivity contribution in [1.82, 2.24) is 4.90 Å². The molecule has 150 valence electrons.